The van der Waals surface area contributed by atoms with Gasteiger partial charge >= 0.3 is 0 Å². The van der Waals surface area contributed by atoms with Gasteiger partial charge in [-0.05, 0) is 15.9 Å². The Balaban J connectivity index is 2.09. The molecule has 3 atom stereocenters. The molecule has 8 nitrogen and oxygen atoms in total. The van der Waals surface area contributed by atoms with E-state index in [4.69, 9.17) is 15.6 Å². The standard InChI is InChI=1S/C10H12BrN5O3/c11-7-6-8(12)13-3-14-9(6)16(15-7)10-5(18)1-4(2-17)19-10/h3-5,10,17-18H,1-2H2,(H2,12,13,14)/t4-,5+,10+/m0/s1. The second-order valence-corrected chi connectivity index (χ2v) is 5.08. The topological polar surface area (TPSA) is 119 Å². The van der Waals surface area contributed by atoms with Crippen molar-refractivity contribution in [1.82, 2.24) is 19.7 Å². The molecule has 0 aromatic carbocycles. The minimum atomic E-state index is -0.761. The highest BCUT2D eigenvalue weighted by Crippen LogP contribution is 2.33. The number of nitrogen functional groups attached to an aromatic ring is 1. The fourth-order valence-corrected chi connectivity index (χ4v) is 2.75. The largest absolute Gasteiger partial charge is 0.394 e. The minimum absolute atomic E-state index is 0.148. The number of fused-ring (bicyclic) bond motifs is 1. The van der Waals surface area contributed by atoms with Crippen molar-refractivity contribution in [3.63, 3.8) is 0 Å². The van der Waals surface area contributed by atoms with E-state index in [-0.39, 0.29) is 6.61 Å². The van der Waals surface area contributed by atoms with E-state index in [1.807, 2.05) is 0 Å². The summed E-state index contributed by atoms with van der Waals surface area (Å²) in [5.74, 6) is 0.300. The Morgan fingerprint density at radius 1 is 1.53 bits per heavy atom. The van der Waals surface area contributed by atoms with Gasteiger partial charge in [0.15, 0.2) is 11.9 Å². The maximum absolute atomic E-state index is 10.00. The van der Waals surface area contributed by atoms with Gasteiger partial charge in [0, 0.05) is 6.42 Å². The number of rotatable bonds is 2. The van der Waals surface area contributed by atoms with Gasteiger partial charge in [-0.25, -0.2) is 14.6 Å². The first kappa shape index (κ1) is 12.7. The zero-order valence-corrected chi connectivity index (χ0v) is 11.4. The molecule has 1 fully saturated rings. The van der Waals surface area contributed by atoms with Crippen molar-refractivity contribution in [1.29, 1.82) is 0 Å². The Hall–Kier alpha value is -1.29. The Bertz CT molecular complexity index is 618. The van der Waals surface area contributed by atoms with Crippen molar-refractivity contribution in [2.45, 2.75) is 24.9 Å². The van der Waals surface area contributed by atoms with E-state index in [0.717, 1.165) is 0 Å². The SMILES string of the molecule is Nc1ncnc2c1c(Br)nn2[C@@H]1O[C@H](CO)C[C@H]1O. The molecule has 0 spiro atoms. The number of aliphatic hydroxyl groups is 2. The molecule has 1 aliphatic heterocycles. The molecule has 0 bridgehead atoms. The molecule has 102 valence electrons. The van der Waals surface area contributed by atoms with Crippen LogP contribution in [0.2, 0.25) is 0 Å². The van der Waals surface area contributed by atoms with Gasteiger partial charge < -0.3 is 20.7 Å². The van der Waals surface area contributed by atoms with E-state index in [1.165, 1.54) is 11.0 Å². The summed E-state index contributed by atoms with van der Waals surface area (Å²) in [6.07, 6.45) is -0.186. The van der Waals surface area contributed by atoms with Crippen molar-refractivity contribution in [3.8, 4) is 0 Å². The summed E-state index contributed by atoms with van der Waals surface area (Å²) >= 11 is 3.29. The molecule has 19 heavy (non-hydrogen) atoms. The highest BCUT2D eigenvalue weighted by atomic mass is 79.9. The lowest BCUT2D eigenvalue weighted by Crippen LogP contribution is -2.21. The lowest BCUT2D eigenvalue weighted by Gasteiger charge is -2.15. The van der Waals surface area contributed by atoms with Gasteiger partial charge in [0.2, 0.25) is 0 Å². The number of hydrogen-bond acceptors (Lipinski definition) is 7. The average Bonchev–Trinajstić information content (AvgIpc) is 2.91. The number of halogens is 1. The summed E-state index contributed by atoms with van der Waals surface area (Å²) in [5.41, 5.74) is 6.25. The van der Waals surface area contributed by atoms with Gasteiger partial charge in [-0.2, -0.15) is 5.10 Å². The molecule has 0 saturated carbocycles. The molecule has 2 aromatic rings. The van der Waals surface area contributed by atoms with Gasteiger partial charge in [0.05, 0.1) is 18.1 Å². The summed E-state index contributed by atoms with van der Waals surface area (Å²) in [6.45, 7) is -0.148. The highest BCUT2D eigenvalue weighted by Gasteiger charge is 2.37. The Morgan fingerprint density at radius 3 is 3.00 bits per heavy atom. The first-order valence-electron chi connectivity index (χ1n) is 5.70. The van der Waals surface area contributed by atoms with Crippen LogP contribution in [0.5, 0.6) is 0 Å². The summed E-state index contributed by atoms with van der Waals surface area (Å²) in [6, 6.07) is 0. The van der Waals surface area contributed by atoms with Crippen LogP contribution in [-0.4, -0.2) is 48.8 Å². The monoisotopic (exact) mass is 329 g/mol. The maximum Gasteiger partial charge on any atom is 0.178 e. The summed E-state index contributed by atoms with van der Waals surface area (Å²) in [4.78, 5) is 8.02. The van der Waals surface area contributed by atoms with E-state index in [0.29, 0.717) is 27.9 Å². The predicted octanol–water partition coefficient (Wildman–Crippen LogP) is -0.188. The lowest BCUT2D eigenvalue weighted by atomic mass is 10.2. The van der Waals surface area contributed by atoms with Crippen LogP contribution < -0.4 is 5.73 Å². The quantitative estimate of drug-likeness (QED) is 0.698. The van der Waals surface area contributed by atoms with Crippen molar-refractivity contribution in [3.05, 3.63) is 10.9 Å². The number of aliphatic hydroxyl groups excluding tert-OH is 2. The van der Waals surface area contributed by atoms with Crippen LogP contribution in [0.25, 0.3) is 11.0 Å². The average molecular weight is 330 g/mol. The zero-order valence-electron chi connectivity index (χ0n) is 9.77. The zero-order chi connectivity index (χ0) is 13.6. The molecule has 0 radical (unpaired) electrons. The molecular weight excluding hydrogens is 318 g/mol. The molecule has 0 aliphatic carbocycles. The van der Waals surface area contributed by atoms with Crippen LogP contribution in [0, 0.1) is 0 Å². The number of nitrogens with two attached hydrogens (primary N) is 1. The fourth-order valence-electron chi connectivity index (χ4n) is 2.20. The van der Waals surface area contributed by atoms with Gasteiger partial charge in [0.25, 0.3) is 0 Å². The van der Waals surface area contributed by atoms with E-state index in [1.54, 1.807) is 0 Å². The van der Waals surface area contributed by atoms with E-state index >= 15 is 0 Å². The van der Waals surface area contributed by atoms with E-state index in [2.05, 4.69) is 31.0 Å². The summed E-state index contributed by atoms with van der Waals surface area (Å²) < 4.78 is 7.49. The van der Waals surface area contributed by atoms with Crippen LogP contribution in [0.4, 0.5) is 5.82 Å². The minimum Gasteiger partial charge on any atom is -0.394 e. The van der Waals surface area contributed by atoms with Crippen LogP contribution in [0.3, 0.4) is 0 Å². The molecule has 3 rings (SSSR count). The van der Waals surface area contributed by atoms with Crippen LogP contribution in [0.1, 0.15) is 12.6 Å². The van der Waals surface area contributed by atoms with E-state index < -0.39 is 18.4 Å². The third-order valence-electron chi connectivity index (χ3n) is 3.09. The number of anilines is 1. The Morgan fingerprint density at radius 2 is 2.32 bits per heavy atom. The summed E-state index contributed by atoms with van der Waals surface area (Å²) in [7, 11) is 0. The molecule has 0 unspecified atom stereocenters. The van der Waals surface area contributed by atoms with Crippen molar-refractivity contribution < 1.29 is 14.9 Å². The first-order chi connectivity index (χ1) is 9.11. The van der Waals surface area contributed by atoms with Gasteiger partial charge in [0.1, 0.15) is 22.9 Å². The number of nitrogens with zero attached hydrogens (tertiary/aromatic N) is 4. The van der Waals surface area contributed by atoms with Crippen LogP contribution in [0.15, 0.2) is 10.9 Å². The van der Waals surface area contributed by atoms with Crippen molar-refractivity contribution in [2.75, 3.05) is 12.3 Å². The Labute approximate surface area is 116 Å². The van der Waals surface area contributed by atoms with Crippen molar-refractivity contribution in [2.24, 2.45) is 0 Å². The molecule has 3 heterocycles. The molecule has 1 aliphatic rings. The second kappa shape index (κ2) is 4.67. The van der Waals surface area contributed by atoms with Gasteiger partial charge in [-0.3, -0.25) is 0 Å². The van der Waals surface area contributed by atoms with Gasteiger partial charge in [-0.1, -0.05) is 0 Å². The third kappa shape index (κ3) is 1.98. The maximum atomic E-state index is 10.00. The fraction of sp³-hybridized carbons (Fsp3) is 0.500. The first-order valence-corrected chi connectivity index (χ1v) is 6.49. The molecular formula is C10H12BrN5O3. The number of hydrogen-bond donors (Lipinski definition) is 3. The number of aromatic nitrogens is 4. The van der Waals surface area contributed by atoms with Crippen LogP contribution in [-0.2, 0) is 4.74 Å². The Kier molecular flexibility index (Phi) is 3.13. The van der Waals surface area contributed by atoms with Gasteiger partial charge in [-0.15, -0.1) is 0 Å². The second-order valence-electron chi connectivity index (χ2n) is 4.33. The van der Waals surface area contributed by atoms with Crippen LogP contribution >= 0.6 is 15.9 Å². The smallest absolute Gasteiger partial charge is 0.178 e. The molecule has 9 heteroatoms. The third-order valence-corrected chi connectivity index (χ3v) is 3.64. The molecule has 2 aromatic heterocycles. The molecule has 4 N–H and O–H groups in total. The van der Waals surface area contributed by atoms with Crippen molar-refractivity contribution >= 4 is 32.8 Å². The predicted molar refractivity (Wildman–Crippen MR) is 69.1 cm³/mol. The molecule has 0 amide bonds. The number of ether oxygens (including phenoxy) is 1. The highest BCUT2D eigenvalue weighted by molar-refractivity contribution is 9.10. The lowest BCUT2D eigenvalue weighted by molar-refractivity contribution is -0.0550. The molecule has 1 saturated heterocycles. The summed E-state index contributed by atoms with van der Waals surface area (Å²) in [5, 5.41) is 23.9. The van der Waals surface area contributed by atoms with E-state index in [9.17, 15) is 5.11 Å². The normalized spacial score (nSPS) is 27.2.